The second-order valence-electron chi connectivity index (χ2n) is 3.98. The second kappa shape index (κ2) is 3.44. The maximum absolute atomic E-state index is 13.4. The van der Waals surface area contributed by atoms with Crippen molar-refractivity contribution in [3.8, 4) is 0 Å². The van der Waals surface area contributed by atoms with Crippen LogP contribution in [0.2, 0.25) is 0 Å². The molecule has 1 aliphatic carbocycles. The van der Waals surface area contributed by atoms with Crippen molar-refractivity contribution in [3.63, 3.8) is 0 Å². The first-order valence-electron chi connectivity index (χ1n) is 4.34. The topological polar surface area (TPSA) is 0 Å². The molecule has 0 N–H and O–H groups in total. The molecule has 72 valence electrons. The highest BCUT2D eigenvalue weighted by molar-refractivity contribution is 5.29. The van der Waals surface area contributed by atoms with E-state index in [0.717, 1.165) is 5.57 Å². The van der Waals surface area contributed by atoms with Gasteiger partial charge in [-0.15, -0.1) is 0 Å². The van der Waals surface area contributed by atoms with Crippen molar-refractivity contribution < 1.29 is 8.78 Å². The third kappa shape index (κ3) is 2.27. The van der Waals surface area contributed by atoms with Gasteiger partial charge in [-0.3, -0.25) is 0 Å². The van der Waals surface area contributed by atoms with E-state index in [0.29, 0.717) is 6.42 Å². The smallest absolute Gasteiger partial charge is 0.155 e. The normalized spacial score (nSPS) is 30.4. The highest BCUT2D eigenvalue weighted by Crippen LogP contribution is 2.34. The highest BCUT2D eigenvalue weighted by atomic mass is 19.2. The summed E-state index contributed by atoms with van der Waals surface area (Å²) in [6.45, 7) is 5.11. The van der Waals surface area contributed by atoms with Crippen molar-refractivity contribution in [2.75, 3.05) is 0 Å². The average Bonchev–Trinajstić information content (AvgIpc) is 2.01. The van der Waals surface area contributed by atoms with Gasteiger partial charge in [0.15, 0.2) is 5.83 Å². The van der Waals surface area contributed by atoms with Crippen LogP contribution in [0.4, 0.5) is 8.78 Å². The summed E-state index contributed by atoms with van der Waals surface area (Å²) >= 11 is 0. The van der Waals surface area contributed by atoms with Gasteiger partial charge in [-0.1, -0.05) is 17.7 Å². The van der Waals surface area contributed by atoms with Crippen molar-refractivity contribution in [2.45, 2.75) is 27.2 Å². The molecule has 0 aromatic carbocycles. The molecule has 0 spiro atoms. The van der Waals surface area contributed by atoms with Crippen LogP contribution in [0.3, 0.4) is 0 Å². The Morgan fingerprint density at radius 2 is 1.92 bits per heavy atom. The Bertz CT molecular complexity index is 293. The summed E-state index contributed by atoms with van der Waals surface area (Å²) in [5.74, 6) is -1.44. The van der Waals surface area contributed by atoms with Crippen molar-refractivity contribution in [1.29, 1.82) is 0 Å². The van der Waals surface area contributed by atoms with Gasteiger partial charge < -0.3 is 0 Å². The standard InChI is InChI=1S/C11H14F2/c1-8-5-4-6-11(2,3)10(13)9(12)7-8/h4,6-7H,5H2,1-3H3/b6-4-,8-7?,10-9-. The molecule has 0 bridgehead atoms. The first kappa shape index (κ1) is 10.2. The number of halogens is 2. The number of hydrogen-bond donors (Lipinski definition) is 0. The van der Waals surface area contributed by atoms with Crippen LogP contribution in [0.1, 0.15) is 27.2 Å². The van der Waals surface area contributed by atoms with E-state index in [9.17, 15) is 8.78 Å². The molecule has 0 aromatic heterocycles. The molecule has 0 aromatic rings. The van der Waals surface area contributed by atoms with Crippen LogP contribution in [0.15, 0.2) is 35.5 Å². The molecule has 0 radical (unpaired) electrons. The molecule has 0 aliphatic heterocycles. The molecule has 0 atom stereocenters. The number of hydrogen-bond acceptors (Lipinski definition) is 0. The maximum Gasteiger partial charge on any atom is 0.155 e. The zero-order valence-corrected chi connectivity index (χ0v) is 8.20. The van der Waals surface area contributed by atoms with Crippen LogP contribution in [-0.4, -0.2) is 0 Å². The van der Waals surface area contributed by atoms with Crippen LogP contribution in [0, 0.1) is 5.41 Å². The van der Waals surface area contributed by atoms with Gasteiger partial charge in [0.2, 0.25) is 0 Å². The molecule has 0 heterocycles. The fourth-order valence-corrected chi connectivity index (χ4v) is 1.26. The first-order valence-corrected chi connectivity index (χ1v) is 4.34. The highest BCUT2D eigenvalue weighted by Gasteiger charge is 2.24. The van der Waals surface area contributed by atoms with Gasteiger partial charge in [-0.05, 0) is 33.3 Å². The van der Waals surface area contributed by atoms with Gasteiger partial charge in [0.1, 0.15) is 5.83 Å². The predicted molar refractivity (Wildman–Crippen MR) is 50.5 cm³/mol. The molecule has 1 aliphatic rings. The van der Waals surface area contributed by atoms with Gasteiger partial charge in [0.25, 0.3) is 0 Å². The summed E-state index contributed by atoms with van der Waals surface area (Å²) < 4.78 is 26.5. The zero-order valence-electron chi connectivity index (χ0n) is 8.20. The molecule has 0 amide bonds. The molecule has 1 rings (SSSR count). The lowest BCUT2D eigenvalue weighted by molar-refractivity contribution is 0.396. The summed E-state index contributed by atoms with van der Waals surface area (Å²) in [4.78, 5) is 0. The van der Waals surface area contributed by atoms with E-state index in [2.05, 4.69) is 0 Å². The fraction of sp³-hybridized carbons (Fsp3) is 0.455. The Balaban J connectivity index is 3.18. The average molecular weight is 184 g/mol. The maximum atomic E-state index is 13.4. The molecule has 0 saturated heterocycles. The van der Waals surface area contributed by atoms with Gasteiger partial charge in [-0.25, -0.2) is 8.78 Å². The molecular weight excluding hydrogens is 170 g/mol. The van der Waals surface area contributed by atoms with E-state index in [1.54, 1.807) is 26.8 Å². The van der Waals surface area contributed by atoms with Crippen LogP contribution < -0.4 is 0 Å². The van der Waals surface area contributed by atoms with Crippen molar-refractivity contribution in [1.82, 2.24) is 0 Å². The Kier molecular flexibility index (Phi) is 2.69. The van der Waals surface area contributed by atoms with E-state index in [1.807, 2.05) is 6.08 Å². The van der Waals surface area contributed by atoms with Crippen molar-refractivity contribution in [2.24, 2.45) is 5.41 Å². The monoisotopic (exact) mass is 184 g/mol. The zero-order chi connectivity index (χ0) is 10.1. The third-order valence-electron chi connectivity index (χ3n) is 2.12. The fourth-order valence-electron chi connectivity index (χ4n) is 1.26. The van der Waals surface area contributed by atoms with Gasteiger partial charge >= 0.3 is 0 Å². The minimum atomic E-state index is -0.818. The Morgan fingerprint density at radius 3 is 2.54 bits per heavy atom. The summed E-state index contributed by atoms with van der Waals surface area (Å²) in [6.07, 6.45) is 5.53. The lowest BCUT2D eigenvalue weighted by atomic mass is 9.88. The molecule has 13 heavy (non-hydrogen) atoms. The van der Waals surface area contributed by atoms with Gasteiger partial charge in [-0.2, -0.15) is 0 Å². The summed E-state index contributed by atoms with van der Waals surface area (Å²) in [7, 11) is 0. The molecule has 0 saturated carbocycles. The van der Waals surface area contributed by atoms with E-state index < -0.39 is 17.1 Å². The lowest BCUT2D eigenvalue weighted by Crippen LogP contribution is -2.10. The Hall–Kier alpha value is -0.920. The summed E-state index contributed by atoms with van der Waals surface area (Å²) in [5.41, 5.74) is 0.0146. The minimum Gasteiger partial charge on any atom is -0.208 e. The van der Waals surface area contributed by atoms with Gasteiger partial charge in [0, 0.05) is 5.41 Å². The first-order chi connectivity index (χ1) is 5.93. The third-order valence-corrected chi connectivity index (χ3v) is 2.12. The largest absolute Gasteiger partial charge is 0.208 e. The summed E-state index contributed by atoms with van der Waals surface area (Å²) in [6, 6.07) is 0. The second-order valence-corrected chi connectivity index (χ2v) is 3.98. The molecule has 0 fully saturated rings. The van der Waals surface area contributed by atoms with Crippen LogP contribution in [0.5, 0.6) is 0 Å². The van der Waals surface area contributed by atoms with Crippen molar-refractivity contribution in [3.05, 3.63) is 35.5 Å². The van der Waals surface area contributed by atoms with Crippen LogP contribution in [-0.2, 0) is 0 Å². The number of rotatable bonds is 0. The van der Waals surface area contributed by atoms with E-state index in [-0.39, 0.29) is 0 Å². The van der Waals surface area contributed by atoms with Crippen LogP contribution in [0.25, 0.3) is 0 Å². The number of allylic oxidation sites excluding steroid dienone is 6. The minimum absolute atomic E-state index is 0.685. The molecule has 0 unspecified atom stereocenters. The Labute approximate surface area is 77.6 Å². The van der Waals surface area contributed by atoms with E-state index >= 15 is 0 Å². The van der Waals surface area contributed by atoms with Gasteiger partial charge in [0.05, 0.1) is 0 Å². The Morgan fingerprint density at radius 1 is 1.31 bits per heavy atom. The van der Waals surface area contributed by atoms with E-state index in [1.165, 1.54) is 6.08 Å². The SMILES string of the molecule is CC1=C/C(F)=C(/F)C(C)(C)/C=C\C1. The van der Waals surface area contributed by atoms with E-state index in [4.69, 9.17) is 0 Å². The predicted octanol–water partition coefficient (Wildman–Crippen LogP) is 4.07. The molecule has 0 nitrogen and oxygen atoms in total. The quantitative estimate of drug-likeness (QED) is 0.498. The lowest BCUT2D eigenvalue weighted by Gasteiger charge is -2.19. The summed E-state index contributed by atoms with van der Waals surface area (Å²) in [5, 5.41) is 0. The molecular formula is C11H14F2. The molecule has 2 heteroatoms. The van der Waals surface area contributed by atoms with Crippen molar-refractivity contribution >= 4 is 0 Å². The van der Waals surface area contributed by atoms with Crippen LogP contribution >= 0.6 is 0 Å².